The maximum Gasteiger partial charge on any atom is 0.240 e. The third-order valence-electron chi connectivity index (χ3n) is 3.01. The molecule has 18 heavy (non-hydrogen) atoms. The minimum absolute atomic E-state index is 0.245. The lowest BCUT2D eigenvalue weighted by atomic mass is 9.97. The molecule has 1 aromatic carbocycles. The maximum absolute atomic E-state index is 12.5. The van der Waals surface area contributed by atoms with E-state index in [1.165, 1.54) is 0 Å². The van der Waals surface area contributed by atoms with Crippen LogP contribution in [-0.2, 0) is 0 Å². The number of hydrogen-bond acceptors (Lipinski definition) is 2. The Balaban J connectivity index is 2.25. The van der Waals surface area contributed by atoms with Gasteiger partial charge in [0.15, 0.2) is 0 Å². The Labute approximate surface area is 104 Å². The van der Waals surface area contributed by atoms with Crippen molar-refractivity contribution in [3.05, 3.63) is 42.7 Å². The third kappa shape index (κ3) is 2.59. The van der Waals surface area contributed by atoms with Gasteiger partial charge in [-0.25, -0.2) is 8.78 Å². The van der Waals surface area contributed by atoms with E-state index in [0.717, 1.165) is 16.5 Å². The van der Waals surface area contributed by atoms with Gasteiger partial charge in [0.05, 0.1) is 6.26 Å². The number of benzene rings is 1. The molecular formula is C14H15F2NO. The molecular weight excluding hydrogens is 236 g/mol. The topological polar surface area (TPSA) is 25.2 Å². The molecule has 96 valence electrons. The molecule has 4 heteroatoms. The molecule has 0 bridgehead atoms. The molecule has 0 aliphatic rings. The fourth-order valence-corrected chi connectivity index (χ4v) is 1.97. The Bertz CT molecular complexity index is 547. The van der Waals surface area contributed by atoms with Crippen LogP contribution in [0.5, 0.6) is 0 Å². The number of fused-ring (bicyclic) bond motifs is 1. The van der Waals surface area contributed by atoms with Crippen molar-refractivity contribution in [3.8, 4) is 0 Å². The average Bonchev–Trinajstić information content (AvgIpc) is 2.81. The summed E-state index contributed by atoms with van der Waals surface area (Å²) < 4.78 is 30.2. The molecule has 0 saturated carbocycles. The summed E-state index contributed by atoms with van der Waals surface area (Å²) in [6.45, 7) is 3.90. The van der Waals surface area contributed by atoms with E-state index in [4.69, 9.17) is 4.42 Å². The van der Waals surface area contributed by atoms with Gasteiger partial charge in [0.25, 0.3) is 0 Å². The molecule has 2 aromatic rings. The SMILES string of the molecule is C=C(c1ccc2ccoc2c1)C(CC(F)F)NC. The number of nitrogens with one attached hydrogen (secondary N) is 1. The fourth-order valence-electron chi connectivity index (χ4n) is 1.97. The van der Waals surface area contributed by atoms with Crippen LogP contribution in [0.2, 0.25) is 0 Å². The van der Waals surface area contributed by atoms with Gasteiger partial charge in [-0.1, -0.05) is 18.7 Å². The molecule has 0 saturated heterocycles. The van der Waals surface area contributed by atoms with E-state index in [1.54, 1.807) is 13.3 Å². The van der Waals surface area contributed by atoms with Gasteiger partial charge < -0.3 is 9.73 Å². The van der Waals surface area contributed by atoms with E-state index in [1.807, 2.05) is 24.3 Å². The fraction of sp³-hybridized carbons (Fsp3) is 0.286. The van der Waals surface area contributed by atoms with Gasteiger partial charge >= 0.3 is 0 Å². The molecule has 2 rings (SSSR count). The standard InChI is InChI=1S/C14H15F2NO/c1-9(12(17-2)8-14(15)16)11-4-3-10-5-6-18-13(10)7-11/h3-7,12,14,17H,1,8H2,2H3. The van der Waals surface area contributed by atoms with Crippen LogP contribution in [0.15, 0.2) is 41.5 Å². The van der Waals surface area contributed by atoms with Gasteiger partial charge in [-0.2, -0.15) is 0 Å². The molecule has 1 heterocycles. The first kappa shape index (κ1) is 12.8. The van der Waals surface area contributed by atoms with Crippen molar-refractivity contribution < 1.29 is 13.2 Å². The summed E-state index contributed by atoms with van der Waals surface area (Å²) in [7, 11) is 1.66. The predicted octanol–water partition coefficient (Wildman–Crippen LogP) is 3.69. The summed E-state index contributed by atoms with van der Waals surface area (Å²) in [5, 5.41) is 3.85. The number of alkyl halides is 2. The summed E-state index contributed by atoms with van der Waals surface area (Å²) >= 11 is 0. The Morgan fingerprint density at radius 3 is 2.83 bits per heavy atom. The molecule has 1 N–H and O–H groups in total. The maximum atomic E-state index is 12.5. The van der Waals surface area contributed by atoms with E-state index < -0.39 is 12.5 Å². The zero-order chi connectivity index (χ0) is 13.1. The zero-order valence-electron chi connectivity index (χ0n) is 10.1. The first-order chi connectivity index (χ1) is 8.61. The molecule has 0 spiro atoms. The van der Waals surface area contributed by atoms with Gasteiger partial charge in [-0.3, -0.25) is 0 Å². The third-order valence-corrected chi connectivity index (χ3v) is 3.01. The zero-order valence-corrected chi connectivity index (χ0v) is 10.1. The summed E-state index contributed by atoms with van der Waals surface area (Å²) in [6, 6.07) is 7.02. The Kier molecular flexibility index (Phi) is 3.77. The lowest BCUT2D eigenvalue weighted by molar-refractivity contribution is 0.131. The van der Waals surface area contributed by atoms with E-state index in [0.29, 0.717) is 5.57 Å². The number of likely N-dealkylation sites (N-methyl/N-ethyl adjacent to an activating group) is 1. The van der Waals surface area contributed by atoms with Crippen molar-refractivity contribution in [2.24, 2.45) is 0 Å². The summed E-state index contributed by atoms with van der Waals surface area (Å²) in [6.07, 6.45) is -0.996. The second kappa shape index (κ2) is 5.31. The molecule has 1 aromatic heterocycles. The highest BCUT2D eigenvalue weighted by molar-refractivity contribution is 5.82. The molecule has 0 fully saturated rings. The smallest absolute Gasteiger partial charge is 0.240 e. The summed E-state index contributed by atoms with van der Waals surface area (Å²) in [5.41, 5.74) is 2.20. The van der Waals surface area contributed by atoms with Crippen LogP contribution in [0.4, 0.5) is 8.78 Å². The second-order valence-electron chi connectivity index (χ2n) is 4.17. The highest BCUT2D eigenvalue weighted by atomic mass is 19.3. The van der Waals surface area contributed by atoms with Gasteiger partial charge in [0, 0.05) is 17.8 Å². The number of hydrogen-bond donors (Lipinski definition) is 1. The lowest BCUT2D eigenvalue weighted by Crippen LogP contribution is -2.28. The molecule has 1 unspecified atom stereocenters. The Hall–Kier alpha value is -1.68. The molecule has 0 radical (unpaired) electrons. The summed E-state index contributed by atoms with van der Waals surface area (Å²) in [4.78, 5) is 0. The van der Waals surface area contributed by atoms with E-state index >= 15 is 0 Å². The first-order valence-electron chi connectivity index (χ1n) is 5.73. The van der Waals surface area contributed by atoms with Crippen LogP contribution in [0.25, 0.3) is 16.5 Å². The quantitative estimate of drug-likeness (QED) is 0.876. The van der Waals surface area contributed by atoms with Crippen molar-refractivity contribution >= 4 is 16.5 Å². The minimum Gasteiger partial charge on any atom is -0.464 e. The molecule has 0 aliphatic carbocycles. The predicted molar refractivity (Wildman–Crippen MR) is 68.7 cm³/mol. The van der Waals surface area contributed by atoms with Crippen LogP contribution >= 0.6 is 0 Å². The number of furan rings is 1. The number of halogens is 2. The van der Waals surface area contributed by atoms with Gasteiger partial charge in [-0.05, 0) is 30.3 Å². The van der Waals surface area contributed by atoms with Crippen molar-refractivity contribution in [1.29, 1.82) is 0 Å². The number of rotatable bonds is 5. The van der Waals surface area contributed by atoms with Gasteiger partial charge in [0.2, 0.25) is 6.43 Å². The van der Waals surface area contributed by atoms with Crippen LogP contribution in [-0.4, -0.2) is 19.5 Å². The van der Waals surface area contributed by atoms with E-state index in [-0.39, 0.29) is 6.42 Å². The molecule has 0 amide bonds. The molecule has 2 nitrogen and oxygen atoms in total. The van der Waals surface area contributed by atoms with Crippen molar-refractivity contribution in [1.82, 2.24) is 5.32 Å². The average molecular weight is 251 g/mol. The van der Waals surface area contributed by atoms with Crippen molar-refractivity contribution in [2.75, 3.05) is 7.05 Å². The molecule has 0 aliphatic heterocycles. The minimum atomic E-state index is -2.36. The molecule has 1 atom stereocenters. The van der Waals surface area contributed by atoms with Gasteiger partial charge in [-0.15, -0.1) is 0 Å². The highest BCUT2D eigenvalue weighted by Gasteiger charge is 2.17. The summed E-state index contributed by atoms with van der Waals surface area (Å²) in [5.74, 6) is 0. The second-order valence-corrected chi connectivity index (χ2v) is 4.17. The van der Waals surface area contributed by atoms with E-state index in [9.17, 15) is 8.78 Å². The van der Waals surface area contributed by atoms with Crippen molar-refractivity contribution in [3.63, 3.8) is 0 Å². The lowest BCUT2D eigenvalue weighted by Gasteiger charge is -2.18. The highest BCUT2D eigenvalue weighted by Crippen LogP contribution is 2.25. The Morgan fingerprint density at radius 1 is 1.39 bits per heavy atom. The van der Waals surface area contributed by atoms with Crippen LogP contribution in [0.1, 0.15) is 12.0 Å². The first-order valence-corrected chi connectivity index (χ1v) is 5.73. The largest absolute Gasteiger partial charge is 0.464 e. The van der Waals surface area contributed by atoms with Crippen LogP contribution in [0, 0.1) is 0 Å². The van der Waals surface area contributed by atoms with Crippen molar-refractivity contribution in [2.45, 2.75) is 18.9 Å². The van der Waals surface area contributed by atoms with Crippen LogP contribution < -0.4 is 5.32 Å². The van der Waals surface area contributed by atoms with Gasteiger partial charge in [0.1, 0.15) is 5.58 Å². The Morgan fingerprint density at radius 2 is 2.17 bits per heavy atom. The van der Waals surface area contributed by atoms with E-state index in [2.05, 4.69) is 11.9 Å². The monoisotopic (exact) mass is 251 g/mol. The van der Waals surface area contributed by atoms with Crippen LogP contribution in [0.3, 0.4) is 0 Å². The normalized spacial score (nSPS) is 13.1.